The number of nitrogens with zero attached hydrogens (tertiary/aromatic N) is 3. The lowest BCUT2D eigenvalue weighted by Crippen LogP contribution is -2.14. The maximum absolute atomic E-state index is 12.3. The summed E-state index contributed by atoms with van der Waals surface area (Å²) in [6.07, 6.45) is 0. The van der Waals surface area contributed by atoms with Crippen LogP contribution in [-0.4, -0.2) is 35.5 Å². The van der Waals surface area contributed by atoms with Crippen molar-refractivity contribution in [1.82, 2.24) is 15.4 Å². The lowest BCUT2D eigenvalue weighted by atomic mass is 10.2. The molecule has 0 atom stereocenters. The zero-order valence-corrected chi connectivity index (χ0v) is 14.4. The Kier molecular flexibility index (Phi) is 4.97. The highest BCUT2D eigenvalue weighted by Crippen LogP contribution is 2.29. The number of hydrogen-bond donors (Lipinski definition) is 2. The Bertz CT molecular complexity index is 908. The molecule has 0 spiro atoms. The van der Waals surface area contributed by atoms with E-state index in [-0.39, 0.29) is 5.69 Å². The summed E-state index contributed by atoms with van der Waals surface area (Å²) in [5, 5.41) is 17.3. The third kappa shape index (κ3) is 3.89. The average molecular weight is 355 g/mol. The van der Waals surface area contributed by atoms with Crippen LogP contribution >= 0.6 is 0 Å². The topological polar surface area (TPSA) is 111 Å². The van der Waals surface area contributed by atoms with Crippen molar-refractivity contribution in [2.24, 2.45) is 0 Å². The monoisotopic (exact) mass is 355 g/mol. The smallest absolute Gasteiger partial charge is 0.276 e. The number of anilines is 3. The van der Waals surface area contributed by atoms with E-state index in [0.717, 1.165) is 0 Å². The van der Waals surface area contributed by atoms with Gasteiger partial charge >= 0.3 is 0 Å². The van der Waals surface area contributed by atoms with E-state index >= 15 is 0 Å². The molecule has 1 amide bonds. The maximum Gasteiger partial charge on any atom is 0.276 e. The molecule has 0 aliphatic carbocycles. The van der Waals surface area contributed by atoms with E-state index in [1.165, 1.54) is 7.11 Å². The number of aromatic nitrogens is 3. The van der Waals surface area contributed by atoms with Crippen LogP contribution in [0.3, 0.4) is 0 Å². The number of benzene rings is 1. The Balaban J connectivity index is 1.68. The van der Waals surface area contributed by atoms with Crippen LogP contribution in [0, 0.1) is 6.92 Å². The number of hydrogen-bond acceptors (Lipinski definition) is 8. The van der Waals surface area contributed by atoms with Crippen LogP contribution in [0.25, 0.3) is 0 Å². The van der Waals surface area contributed by atoms with Crippen molar-refractivity contribution in [3.63, 3.8) is 0 Å². The van der Waals surface area contributed by atoms with Gasteiger partial charge in [0.2, 0.25) is 0 Å². The van der Waals surface area contributed by atoms with E-state index < -0.39 is 5.91 Å². The highest BCUT2D eigenvalue weighted by atomic mass is 16.5. The molecule has 134 valence electrons. The van der Waals surface area contributed by atoms with Crippen LogP contribution in [0.1, 0.15) is 16.2 Å². The molecule has 0 radical (unpaired) electrons. The number of nitrogens with one attached hydrogen (secondary N) is 2. The van der Waals surface area contributed by atoms with Crippen LogP contribution in [0.4, 0.5) is 17.3 Å². The molecular weight excluding hydrogens is 338 g/mol. The minimum atomic E-state index is -0.395. The van der Waals surface area contributed by atoms with E-state index in [0.29, 0.717) is 34.6 Å². The van der Waals surface area contributed by atoms with E-state index in [2.05, 4.69) is 26.0 Å². The highest BCUT2D eigenvalue weighted by molar-refractivity contribution is 6.03. The van der Waals surface area contributed by atoms with Gasteiger partial charge in [0.05, 0.1) is 14.2 Å². The molecule has 0 saturated heterocycles. The summed E-state index contributed by atoms with van der Waals surface area (Å²) in [6.45, 7) is 1.78. The average Bonchev–Trinajstić information content (AvgIpc) is 3.06. The molecule has 2 heterocycles. The number of amides is 1. The Morgan fingerprint density at radius 1 is 1.00 bits per heavy atom. The Morgan fingerprint density at radius 2 is 1.81 bits per heavy atom. The fourth-order valence-corrected chi connectivity index (χ4v) is 2.19. The molecule has 0 bridgehead atoms. The Labute approximate surface area is 149 Å². The summed E-state index contributed by atoms with van der Waals surface area (Å²) in [4.78, 5) is 12.3. The summed E-state index contributed by atoms with van der Waals surface area (Å²) in [6, 6.07) is 9.97. The van der Waals surface area contributed by atoms with Gasteiger partial charge in [-0.05, 0) is 31.2 Å². The SMILES string of the molecule is COc1ccc(NC(=O)c2ccc(Nc3cc(C)on3)nn2)cc1OC. The van der Waals surface area contributed by atoms with Gasteiger partial charge in [0.15, 0.2) is 28.8 Å². The first-order valence-corrected chi connectivity index (χ1v) is 7.66. The lowest BCUT2D eigenvalue weighted by molar-refractivity contribution is 0.102. The minimum absolute atomic E-state index is 0.168. The second-order valence-electron chi connectivity index (χ2n) is 5.28. The maximum atomic E-state index is 12.3. The molecule has 3 aromatic rings. The Morgan fingerprint density at radius 3 is 2.42 bits per heavy atom. The minimum Gasteiger partial charge on any atom is -0.493 e. The molecule has 2 aromatic heterocycles. The summed E-state index contributed by atoms with van der Waals surface area (Å²) in [5.74, 6) is 2.32. The van der Waals surface area contributed by atoms with Crippen molar-refractivity contribution < 1.29 is 18.8 Å². The van der Waals surface area contributed by atoms with Crippen LogP contribution in [0.2, 0.25) is 0 Å². The molecule has 0 fully saturated rings. The van der Waals surface area contributed by atoms with Crippen molar-refractivity contribution in [3.05, 3.63) is 47.9 Å². The van der Waals surface area contributed by atoms with Crippen LogP contribution < -0.4 is 20.1 Å². The number of rotatable bonds is 6. The first-order chi connectivity index (χ1) is 12.6. The van der Waals surface area contributed by atoms with Gasteiger partial charge in [-0.3, -0.25) is 4.79 Å². The number of ether oxygens (including phenoxy) is 2. The second kappa shape index (κ2) is 7.51. The van der Waals surface area contributed by atoms with E-state index in [1.54, 1.807) is 50.4 Å². The molecule has 26 heavy (non-hydrogen) atoms. The van der Waals surface area contributed by atoms with Gasteiger partial charge in [-0.15, -0.1) is 10.2 Å². The predicted octanol–water partition coefficient (Wildman–Crippen LogP) is 2.79. The zero-order valence-electron chi connectivity index (χ0n) is 14.4. The van der Waals surface area contributed by atoms with Gasteiger partial charge in [-0.2, -0.15) is 0 Å². The third-order valence-corrected chi connectivity index (χ3v) is 3.42. The molecular formula is C17H17N5O4. The number of carbonyl (C=O) groups is 1. The first-order valence-electron chi connectivity index (χ1n) is 7.66. The van der Waals surface area contributed by atoms with Gasteiger partial charge in [-0.25, -0.2) is 0 Å². The van der Waals surface area contributed by atoms with E-state index in [9.17, 15) is 4.79 Å². The first kappa shape index (κ1) is 17.2. The van der Waals surface area contributed by atoms with E-state index in [1.807, 2.05) is 0 Å². The van der Waals surface area contributed by atoms with Gasteiger partial charge in [0, 0.05) is 17.8 Å². The van der Waals surface area contributed by atoms with Crippen LogP contribution in [0.5, 0.6) is 11.5 Å². The molecule has 9 heteroatoms. The summed E-state index contributed by atoms with van der Waals surface area (Å²) >= 11 is 0. The van der Waals surface area contributed by atoms with Crippen molar-refractivity contribution >= 4 is 23.2 Å². The Hall–Kier alpha value is -3.62. The second-order valence-corrected chi connectivity index (χ2v) is 5.28. The summed E-state index contributed by atoms with van der Waals surface area (Å²) in [5.41, 5.74) is 0.719. The molecule has 2 N–H and O–H groups in total. The summed E-state index contributed by atoms with van der Waals surface area (Å²) in [7, 11) is 3.07. The predicted molar refractivity (Wildman–Crippen MR) is 94.1 cm³/mol. The lowest BCUT2D eigenvalue weighted by Gasteiger charge is -2.10. The fourth-order valence-electron chi connectivity index (χ4n) is 2.19. The standard InChI is InChI=1S/C17H17N5O4/c1-10-8-16(22-26-10)19-15-7-5-12(20-21-15)17(23)18-11-4-6-13(24-2)14(9-11)25-3/h4-9H,1-3H3,(H,18,23)(H,19,21,22). The highest BCUT2D eigenvalue weighted by Gasteiger charge is 2.11. The third-order valence-electron chi connectivity index (χ3n) is 3.42. The normalized spacial score (nSPS) is 10.3. The molecule has 3 rings (SSSR count). The largest absolute Gasteiger partial charge is 0.493 e. The molecule has 0 aliphatic rings. The van der Waals surface area contributed by atoms with Gasteiger partial charge in [-0.1, -0.05) is 5.16 Å². The van der Waals surface area contributed by atoms with Gasteiger partial charge in [0.25, 0.3) is 5.91 Å². The van der Waals surface area contributed by atoms with Crippen LogP contribution in [0.15, 0.2) is 40.9 Å². The van der Waals surface area contributed by atoms with Crippen molar-refractivity contribution in [2.75, 3.05) is 24.9 Å². The van der Waals surface area contributed by atoms with Crippen molar-refractivity contribution in [2.45, 2.75) is 6.92 Å². The summed E-state index contributed by atoms with van der Waals surface area (Å²) < 4.78 is 15.3. The number of carbonyl (C=O) groups excluding carboxylic acids is 1. The molecule has 9 nitrogen and oxygen atoms in total. The van der Waals surface area contributed by atoms with Crippen molar-refractivity contribution in [1.29, 1.82) is 0 Å². The van der Waals surface area contributed by atoms with Crippen LogP contribution in [-0.2, 0) is 0 Å². The molecule has 1 aromatic carbocycles. The number of aryl methyl sites for hydroxylation is 1. The quantitative estimate of drug-likeness (QED) is 0.694. The molecule has 0 saturated carbocycles. The zero-order chi connectivity index (χ0) is 18.5. The van der Waals surface area contributed by atoms with E-state index in [4.69, 9.17) is 14.0 Å². The van der Waals surface area contributed by atoms with Crippen molar-refractivity contribution in [3.8, 4) is 11.5 Å². The fraction of sp³-hybridized carbons (Fsp3) is 0.176. The van der Waals surface area contributed by atoms with Gasteiger partial charge in [0.1, 0.15) is 5.76 Å². The van der Waals surface area contributed by atoms with Gasteiger partial charge < -0.3 is 24.6 Å². The number of methoxy groups -OCH3 is 2. The molecule has 0 unspecified atom stereocenters. The molecule has 0 aliphatic heterocycles.